The zero-order valence-corrected chi connectivity index (χ0v) is 16.8. The molecule has 0 spiro atoms. The maximum atomic E-state index is 13.2. The quantitative estimate of drug-likeness (QED) is 0.753. The molecule has 1 N–H and O–H groups in total. The van der Waals surface area contributed by atoms with Gasteiger partial charge in [-0.05, 0) is 36.6 Å². The summed E-state index contributed by atoms with van der Waals surface area (Å²) < 4.78 is 18.9. The summed E-state index contributed by atoms with van der Waals surface area (Å²) in [5.74, 6) is 0.675. The van der Waals surface area contributed by atoms with Crippen molar-refractivity contribution in [3.63, 3.8) is 0 Å². The Bertz CT molecular complexity index is 954. The minimum atomic E-state index is -0.434. The maximum absolute atomic E-state index is 13.2. The number of nitrogens with one attached hydrogen (secondary N) is 1. The van der Waals surface area contributed by atoms with Crippen LogP contribution in [0.3, 0.4) is 0 Å². The normalized spacial score (nSPS) is 22.8. The van der Waals surface area contributed by atoms with E-state index in [4.69, 9.17) is 16.3 Å². The molecule has 29 heavy (non-hydrogen) atoms. The van der Waals surface area contributed by atoms with E-state index in [0.717, 1.165) is 38.2 Å². The molecule has 0 saturated carbocycles. The highest BCUT2D eigenvalue weighted by Crippen LogP contribution is 2.49. The maximum Gasteiger partial charge on any atom is 0.243 e. The molecule has 3 aliphatic heterocycles. The number of piperidine rings is 1. The van der Waals surface area contributed by atoms with Crippen LogP contribution in [0.1, 0.15) is 24.3 Å². The second kappa shape index (κ2) is 7.50. The number of carbonyl (C=O) groups excluding carboxylic acids is 1. The van der Waals surface area contributed by atoms with Crippen molar-refractivity contribution in [3.05, 3.63) is 52.8 Å². The Labute approximate surface area is 174 Å². The van der Waals surface area contributed by atoms with Crippen molar-refractivity contribution in [3.8, 4) is 5.75 Å². The van der Waals surface area contributed by atoms with Crippen molar-refractivity contribution in [2.45, 2.75) is 24.8 Å². The van der Waals surface area contributed by atoms with Gasteiger partial charge in [0.05, 0.1) is 29.5 Å². The smallest absolute Gasteiger partial charge is 0.243 e. The average molecular weight is 416 g/mol. The summed E-state index contributed by atoms with van der Waals surface area (Å²) in [6.07, 6.45) is 1.95. The number of benzene rings is 2. The van der Waals surface area contributed by atoms with Crippen LogP contribution in [0.25, 0.3) is 0 Å². The molecule has 2 aromatic rings. The SMILES string of the molecule is O=C1CN2c3c(cccc3C3CN(CCCOc4ccc(F)c(Cl)c4)CCC32)N1. The number of ether oxygens (including phenoxy) is 1. The number of likely N-dealkylation sites (tertiary alicyclic amines) is 1. The van der Waals surface area contributed by atoms with Crippen LogP contribution in [-0.2, 0) is 4.79 Å². The monoisotopic (exact) mass is 415 g/mol. The third kappa shape index (κ3) is 3.45. The molecule has 5 rings (SSSR count). The van der Waals surface area contributed by atoms with Crippen LogP contribution < -0.4 is 15.0 Å². The zero-order valence-electron chi connectivity index (χ0n) is 16.0. The lowest BCUT2D eigenvalue weighted by atomic mass is 9.89. The number of nitrogens with zero attached hydrogens (tertiary/aromatic N) is 2. The van der Waals surface area contributed by atoms with Gasteiger partial charge in [-0.3, -0.25) is 4.79 Å². The average Bonchev–Trinajstić information content (AvgIpc) is 3.02. The van der Waals surface area contributed by atoms with Crippen LogP contribution in [0.5, 0.6) is 5.75 Å². The molecular weight excluding hydrogens is 393 g/mol. The van der Waals surface area contributed by atoms with Gasteiger partial charge in [0.1, 0.15) is 11.6 Å². The van der Waals surface area contributed by atoms with Crippen molar-refractivity contribution in [1.82, 2.24) is 4.90 Å². The van der Waals surface area contributed by atoms with E-state index in [9.17, 15) is 9.18 Å². The van der Waals surface area contributed by atoms with Crippen LogP contribution in [0.15, 0.2) is 36.4 Å². The molecular formula is C22H23ClFN3O2. The predicted octanol–water partition coefficient (Wildman–Crippen LogP) is 3.88. The fraction of sp³-hybridized carbons (Fsp3) is 0.409. The first kappa shape index (κ1) is 18.7. The van der Waals surface area contributed by atoms with Gasteiger partial charge in [-0.15, -0.1) is 0 Å². The highest BCUT2D eigenvalue weighted by atomic mass is 35.5. The van der Waals surface area contributed by atoms with Gasteiger partial charge in [0.15, 0.2) is 0 Å². The Morgan fingerprint density at radius 3 is 3.03 bits per heavy atom. The second-order valence-corrected chi connectivity index (χ2v) is 8.37. The number of para-hydroxylation sites is 1. The summed E-state index contributed by atoms with van der Waals surface area (Å²) in [7, 11) is 0. The lowest BCUT2D eigenvalue weighted by molar-refractivity contribution is -0.115. The molecule has 0 bridgehead atoms. The van der Waals surface area contributed by atoms with Gasteiger partial charge >= 0.3 is 0 Å². The first-order chi connectivity index (χ1) is 14.1. The molecule has 1 fully saturated rings. The molecule has 3 aliphatic rings. The molecule has 0 aromatic heterocycles. The van der Waals surface area contributed by atoms with Crippen molar-refractivity contribution < 1.29 is 13.9 Å². The predicted molar refractivity (Wildman–Crippen MR) is 112 cm³/mol. The first-order valence-corrected chi connectivity index (χ1v) is 10.5. The lowest BCUT2D eigenvalue weighted by Crippen LogP contribution is -2.49. The number of fused-ring (bicyclic) bond motifs is 3. The Morgan fingerprint density at radius 2 is 2.17 bits per heavy atom. The van der Waals surface area contributed by atoms with E-state index in [1.165, 1.54) is 23.4 Å². The van der Waals surface area contributed by atoms with Crippen LogP contribution in [0.4, 0.5) is 15.8 Å². The second-order valence-electron chi connectivity index (χ2n) is 7.96. The number of rotatable bonds is 5. The Hall–Kier alpha value is -2.31. The fourth-order valence-corrected chi connectivity index (χ4v) is 5.09. The number of hydrogen-bond donors (Lipinski definition) is 1. The number of hydrogen-bond acceptors (Lipinski definition) is 4. The molecule has 0 aliphatic carbocycles. The first-order valence-electron chi connectivity index (χ1n) is 10.1. The number of amides is 1. The molecule has 152 valence electrons. The van der Waals surface area contributed by atoms with E-state index in [1.807, 2.05) is 12.1 Å². The summed E-state index contributed by atoms with van der Waals surface area (Å²) in [5, 5.41) is 3.10. The molecule has 0 radical (unpaired) electrons. The third-order valence-electron chi connectivity index (χ3n) is 6.18. The molecule has 7 heteroatoms. The summed E-state index contributed by atoms with van der Waals surface area (Å²) in [6.45, 7) is 3.99. The van der Waals surface area contributed by atoms with E-state index in [0.29, 0.717) is 30.9 Å². The van der Waals surface area contributed by atoms with Crippen LogP contribution >= 0.6 is 11.6 Å². The van der Waals surface area contributed by atoms with Crippen molar-refractivity contribution in [1.29, 1.82) is 0 Å². The van der Waals surface area contributed by atoms with E-state index >= 15 is 0 Å². The van der Waals surface area contributed by atoms with Gasteiger partial charge in [-0.1, -0.05) is 23.7 Å². The molecule has 2 unspecified atom stereocenters. The van der Waals surface area contributed by atoms with Gasteiger partial charge in [-0.25, -0.2) is 4.39 Å². The number of anilines is 2. The third-order valence-corrected chi connectivity index (χ3v) is 6.47. The molecule has 2 aromatic carbocycles. The van der Waals surface area contributed by atoms with Crippen molar-refractivity contribution in [2.75, 3.05) is 43.0 Å². The van der Waals surface area contributed by atoms with Gasteiger partial charge in [0.2, 0.25) is 5.91 Å². The van der Waals surface area contributed by atoms with E-state index in [2.05, 4.69) is 21.2 Å². The van der Waals surface area contributed by atoms with Crippen LogP contribution in [0.2, 0.25) is 5.02 Å². The topological polar surface area (TPSA) is 44.8 Å². The largest absolute Gasteiger partial charge is 0.493 e. The minimum Gasteiger partial charge on any atom is -0.493 e. The highest BCUT2D eigenvalue weighted by Gasteiger charge is 2.44. The Balaban J connectivity index is 1.19. The van der Waals surface area contributed by atoms with E-state index < -0.39 is 5.82 Å². The van der Waals surface area contributed by atoms with E-state index in [-0.39, 0.29) is 10.9 Å². The summed E-state index contributed by atoms with van der Waals surface area (Å²) in [6, 6.07) is 11.1. The molecule has 1 saturated heterocycles. The molecule has 2 atom stereocenters. The summed E-state index contributed by atoms with van der Waals surface area (Å²) in [4.78, 5) is 16.9. The highest BCUT2D eigenvalue weighted by molar-refractivity contribution is 6.30. The summed E-state index contributed by atoms with van der Waals surface area (Å²) >= 11 is 5.80. The van der Waals surface area contributed by atoms with Gasteiger partial charge < -0.3 is 19.9 Å². The van der Waals surface area contributed by atoms with Crippen molar-refractivity contribution in [2.24, 2.45) is 0 Å². The number of halogens is 2. The van der Waals surface area contributed by atoms with Crippen LogP contribution in [0, 0.1) is 5.82 Å². The Morgan fingerprint density at radius 1 is 1.28 bits per heavy atom. The standard InChI is InChI=1S/C22H23ClFN3O2/c23-17-11-14(5-6-18(17)24)29-10-2-8-26-9-7-20-16(12-26)15-3-1-4-19-22(15)27(20)13-21(28)25-19/h1,3-6,11,16,20H,2,7-10,12-13H2,(H,25,28). The van der Waals surface area contributed by atoms with E-state index in [1.54, 1.807) is 6.07 Å². The lowest BCUT2D eigenvalue weighted by Gasteiger charge is -2.39. The van der Waals surface area contributed by atoms with Gasteiger partial charge in [0.25, 0.3) is 0 Å². The molecule has 1 amide bonds. The Kier molecular flexibility index (Phi) is 4.84. The van der Waals surface area contributed by atoms with Crippen molar-refractivity contribution >= 4 is 28.9 Å². The zero-order chi connectivity index (χ0) is 20.0. The fourth-order valence-electron chi connectivity index (χ4n) is 4.92. The van der Waals surface area contributed by atoms with Gasteiger partial charge in [-0.2, -0.15) is 0 Å². The molecule has 5 nitrogen and oxygen atoms in total. The van der Waals surface area contributed by atoms with Crippen LogP contribution in [-0.4, -0.2) is 49.6 Å². The molecule has 3 heterocycles. The minimum absolute atomic E-state index is 0.0794. The summed E-state index contributed by atoms with van der Waals surface area (Å²) in [5.41, 5.74) is 3.53. The number of carbonyl (C=O) groups is 1. The van der Waals surface area contributed by atoms with Gasteiger partial charge in [0, 0.05) is 37.7 Å².